The number of hydrogen-bond acceptors (Lipinski definition) is 6. The predicted molar refractivity (Wildman–Crippen MR) is 112 cm³/mol. The number of imidazole rings is 1. The summed E-state index contributed by atoms with van der Waals surface area (Å²) >= 11 is 1.74. The second-order valence-electron chi connectivity index (χ2n) is 6.73. The van der Waals surface area contributed by atoms with E-state index in [1.54, 1.807) is 29.9 Å². The van der Waals surface area contributed by atoms with E-state index in [4.69, 9.17) is 4.98 Å². The number of aryl methyl sites for hydroxylation is 1. The Morgan fingerprint density at radius 3 is 2.79 bits per heavy atom. The van der Waals surface area contributed by atoms with Crippen molar-refractivity contribution in [2.45, 2.75) is 6.92 Å². The zero-order valence-corrected chi connectivity index (χ0v) is 16.1. The van der Waals surface area contributed by atoms with E-state index in [9.17, 15) is 0 Å². The fraction of sp³-hybridized carbons (Fsp3) is 0.0500. The minimum absolute atomic E-state index is 0.658. The number of nitrogens with one attached hydrogen (secondary N) is 3. The molecule has 0 atom stereocenters. The fourth-order valence-corrected chi connectivity index (χ4v) is 4.35. The standard InChI is InChI=1S/C20H14N8S/c1-10-2-3-15(29-10)13-4-5-21-19-16(13)25-20(26-19)17-14-6-11(12-8-23-24-9-12)7-22-18(14)28-27-17/h2-9H,1H3,(H,23,24)(H,21,25,26)(H,22,27,28). The zero-order valence-electron chi connectivity index (χ0n) is 15.3. The first-order chi connectivity index (χ1) is 14.3. The summed E-state index contributed by atoms with van der Waals surface area (Å²) in [6.07, 6.45) is 7.20. The summed E-state index contributed by atoms with van der Waals surface area (Å²) in [6.45, 7) is 2.10. The Kier molecular flexibility index (Phi) is 3.38. The quantitative estimate of drug-likeness (QED) is 0.411. The molecule has 0 spiro atoms. The van der Waals surface area contributed by atoms with Crippen molar-refractivity contribution in [2.24, 2.45) is 0 Å². The number of fused-ring (bicyclic) bond motifs is 2. The lowest BCUT2D eigenvalue weighted by Gasteiger charge is -1.98. The van der Waals surface area contributed by atoms with Crippen LogP contribution >= 0.6 is 11.3 Å². The third-order valence-corrected chi connectivity index (χ3v) is 5.90. The summed E-state index contributed by atoms with van der Waals surface area (Å²) < 4.78 is 0. The van der Waals surface area contributed by atoms with Crippen molar-refractivity contribution in [3.05, 3.63) is 53.9 Å². The van der Waals surface area contributed by atoms with E-state index in [1.807, 2.05) is 18.3 Å². The molecule has 0 fully saturated rings. The number of hydrogen-bond donors (Lipinski definition) is 3. The Bertz CT molecular complexity index is 1470. The molecule has 0 aromatic carbocycles. The molecular weight excluding hydrogens is 384 g/mol. The third kappa shape index (κ3) is 2.55. The Labute approximate surface area is 168 Å². The van der Waals surface area contributed by atoms with Crippen molar-refractivity contribution in [3.8, 4) is 33.1 Å². The molecule has 0 radical (unpaired) electrons. The Morgan fingerprint density at radius 1 is 1.00 bits per heavy atom. The molecule has 0 saturated heterocycles. The van der Waals surface area contributed by atoms with Crippen LogP contribution in [0.1, 0.15) is 4.88 Å². The number of H-pyrrole nitrogens is 3. The van der Waals surface area contributed by atoms with E-state index < -0.39 is 0 Å². The number of aromatic amines is 3. The first kappa shape index (κ1) is 16.1. The highest BCUT2D eigenvalue weighted by Crippen LogP contribution is 2.34. The number of nitrogens with zero attached hydrogens (tertiary/aromatic N) is 5. The van der Waals surface area contributed by atoms with Crippen LogP contribution in [0.15, 0.2) is 49.1 Å². The molecule has 6 rings (SSSR count). The van der Waals surface area contributed by atoms with Gasteiger partial charge in [-0.15, -0.1) is 11.3 Å². The lowest BCUT2D eigenvalue weighted by molar-refractivity contribution is 1.09. The summed E-state index contributed by atoms with van der Waals surface area (Å²) in [4.78, 5) is 19.5. The van der Waals surface area contributed by atoms with Gasteiger partial charge in [-0.3, -0.25) is 10.2 Å². The van der Waals surface area contributed by atoms with Gasteiger partial charge in [0.05, 0.1) is 11.6 Å². The predicted octanol–water partition coefficient (Wildman–Crippen LogP) is 4.32. The maximum atomic E-state index is 4.84. The van der Waals surface area contributed by atoms with Crippen LogP contribution in [0.25, 0.3) is 55.3 Å². The van der Waals surface area contributed by atoms with Gasteiger partial charge in [0.2, 0.25) is 0 Å². The van der Waals surface area contributed by atoms with E-state index in [0.717, 1.165) is 33.2 Å². The monoisotopic (exact) mass is 398 g/mol. The maximum Gasteiger partial charge on any atom is 0.161 e. The third-order valence-electron chi connectivity index (χ3n) is 4.86. The molecule has 29 heavy (non-hydrogen) atoms. The second kappa shape index (κ2) is 6.08. The molecule has 0 saturated carbocycles. The van der Waals surface area contributed by atoms with Crippen LogP contribution in [0.5, 0.6) is 0 Å². The van der Waals surface area contributed by atoms with Gasteiger partial charge < -0.3 is 4.98 Å². The molecule has 6 heterocycles. The zero-order chi connectivity index (χ0) is 19.4. The molecule has 0 aliphatic heterocycles. The molecule has 140 valence electrons. The normalized spacial score (nSPS) is 11.6. The number of thiophene rings is 1. The van der Waals surface area contributed by atoms with Crippen LogP contribution in [0.4, 0.5) is 0 Å². The Balaban J connectivity index is 1.53. The van der Waals surface area contributed by atoms with Gasteiger partial charge in [-0.2, -0.15) is 10.2 Å². The molecule has 9 heteroatoms. The lowest BCUT2D eigenvalue weighted by atomic mass is 10.1. The summed E-state index contributed by atoms with van der Waals surface area (Å²) in [6, 6.07) is 8.27. The fourth-order valence-electron chi connectivity index (χ4n) is 3.45. The van der Waals surface area contributed by atoms with Crippen molar-refractivity contribution in [1.29, 1.82) is 0 Å². The SMILES string of the molecule is Cc1ccc(-c2ccnc3[nH]c(-c4n[nH]c5ncc(-c6cn[nH]c6)cc45)nc23)s1. The minimum atomic E-state index is 0.658. The number of pyridine rings is 2. The van der Waals surface area contributed by atoms with Crippen LogP contribution in [0.2, 0.25) is 0 Å². The van der Waals surface area contributed by atoms with Crippen LogP contribution in [-0.4, -0.2) is 40.3 Å². The highest BCUT2D eigenvalue weighted by Gasteiger charge is 2.17. The molecular formula is C20H14N8S. The molecule has 0 amide bonds. The van der Waals surface area contributed by atoms with E-state index >= 15 is 0 Å². The van der Waals surface area contributed by atoms with Gasteiger partial charge in [0.15, 0.2) is 17.1 Å². The van der Waals surface area contributed by atoms with Crippen LogP contribution < -0.4 is 0 Å². The average Bonchev–Trinajstić information content (AvgIpc) is 3.51. The first-order valence-electron chi connectivity index (χ1n) is 9.01. The van der Waals surface area contributed by atoms with Crippen molar-refractivity contribution in [1.82, 2.24) is 40.3 Å². The van der Waals surface area contributed by atoms with Crippen molar-refractivity contribution < 1.29 is 0 Å². The summed E-state index contributed by atoms with van der Waals surface area (Å²) in [5.41, 5.74) is 5.97. The van der Waals surface area contributed by atoms with E-state index in [1.165, 1.54) is 9.75 Å². The van der Waals surface area contributed by atoms with Crippen molar-refractivity contribution in [2.75, 3.05) is 0 Å². The minimum Gasteiger partial charge on any atom is -0.321 e. The highest BCUT2D eigenvalue weighted by atomic mass is 32.1. The van der Waals surface area contributed by atoms with E-state index in [0.29, 0.717) is 17.2 Å². The molecule has 0 unspecified atom stereocenters. The molecule has 0 aliphatic rings. The number of rotatable bonds is 3. The van der Waals surface area contributed by atoms with Gasteiger partial charge in [0, 0.05) is 45.0 Å². The van der Waals surface area contributed by atoms with Gasteiger partial charge in [0.1, 0.15) is 11.2 Å². The first-order valence-corrected chi connectivity index (χ1v) is 9.83. The van der Waals surface area contributed by atoms with Gasteiger partial charge in [-0.25, -0.2) is 15.0 Å². The van der Waals surface area contributed by atoms with Crippen LogP contribution in [0, 0.1) is 6.92 Å². The van der Waals surface area contributed by atoms with Gasteiger partial charge in [-0.1, -0.05) is 0 Å². The second-order valence-corrected chi connectivity index (χ2v) is 8.02. The van der Waals surface area contributed by atoms with Crippen molar-refractivity contribution >= 4 is 33.5 Å². The Morgan fingerprint density at radius 2 is 1.97 bits per heavy atom. The van der Waals surface area contributed by atoms with Crippen LogP contribution in [-0.2, 0) is 0 Å². The number of aromatic nitrogens is 8. The molecule has 0 aliphatic carbocycles. The molecule has 6 aromatic heterocycles. The molecule has 0 bridgehead atoms. The average molecular weight is 398 g/mol. The summed E-state index contributed by atoms with van der Waals surface area (Å²) in [5.74, 6) is 0.658. The molecule has 3 N–H and O–H groups in total. The maximum absolute atomic E-state index is 4.84. The summed E-state index contributed by atoms with van der Waals surface area (Å²) in [7, 11) is 0. The van der Waals surface area contributed by atoms with Gasteiger partial charge in [-0.05, 0) is 31.2 Å². The lowest BCUT2D eigenvalue weighted by Crippen LogP contribution is -1.83. The van der Waals surface area contributed by atoms with Crippen LogP contribution in [0.3, 0.4) is 0 Å². The van der Waals surface area contributed by atoms with Crippen molar-refractivity contribution in [3.63, 3.8) is 0 Å². The summed E-state index contributed by atoms with van der Waals surface area (Å²) in [5, 5.41) is 15.2. The van der Waals surface area contributed by atoms with Gasteiger partial charge in [0.25, 0.3) is 0 Å². The highest BCUT2D eigenvalue weighted by molar-refractivity contribution is 7.15. The molecule has 8 nitrogen and oxygen atoms in total. The Hall–Kier alpha value is -3.85. The molecule has 6 aromatic rings. The smallest absolute Gasteiger partial charge is 0.161 e. The van der Waals surface area contributed by atoms with E-state index in [2.05, 4.69) is 54.4 Å². The topological polar surface area (TPSA) is 112 Å². The van der Waals surface area contributed by atoms with Gasteiger partial charge >= 0.3 is 0 Å². The largest absolute Gasteiger partial charge is 0.321 e. The van der Waals surface area contributed by atoms with E-state index in [-0.39, 0.29) is 0 Å².